The Morgan fingerprint density at radius 3 is 2.72 bits per heavy atom. The van der Waals surface area contributed by atoms with E-state index in [-0.39, 0.29) is 11.9 Å². The van der Waals surface area contributed by atoms with Gasteiger partial charge in [-0.15, -0.1) is 6.42 Å². The molecule has 2 heteroatoms. The summed E-state index contributed by atoms with van der Waals surface area (Å²) in [6.45, 7) is 2.32. The molecule has 0 spiro atoms. The van der Waals surface area contributed by atoms with Crippen LogP contribution in [-0.4, -0.2) is 11.9 Å². The van der Waals surface area contributed by atoms with Crippen molar-refractivity contribution < 1.29 is 9.53 Å². The molecule has 1 aromatic carbocycles. The maximum Gasteiger partial charge on any atom is 0.162 e. The Bertz CT molecular complexity index is 506. The first kappa shape index (κ1) is 12.6. The van der Waals surface area contributed by atoms with E-state index in [0.29, 0.717) is 19.4 Å². The Labute approximate surface area is 108 Å². The molecule has 0 bridgehead atoms. The van der Waals surface area contributed by atoms with Gasteiger partial charge in [0.1, 0.15) is 0 Å². The minimum Gasteiger partial charge on any atom is -0.373 e. The van der Waals surface area contributed by atoms with Crippen LogP contribution in [0, 0.1) is 12.3 Å². The molecule has 92 valence electrons. The first-order valence-electron chi connectivity index (χ1n) is 6.06. The Kier molecular flexibility index (Phi) is 3.96. The van der Waals surface area contributed by atoms with Gasteiger partial charge in [0.25, 0.3) is 0 Å². The van der Waals surface area contributed by atoms with E-state index >= 15 is 0 Å². The summed E-state index contributed by atoms with van der Waals surface area (Å²) in [5, 5.41) is 0. The summed E-state index contributed by atoms with van der Waals surface area (Å²) in [5.41, 5.74) is 2.61. The fourth-order valence-electron chi connectivity index (χ4n) is 2.05. The second-order valence-electron chi connectivity index (χ2n) is 4.50. The van der Waals surface area contributed by atoms with Crippen molar-refractivity contribution in [2.24, 2.45) is 0 Å². The number of benzene rings is 1. The van der Waals surface area contributed by atoms with Gasteiger partial charge in [0, 0.05) is 24.0 Å². The van der Waals surface area contributed by atoms with Crippen LogP contribution in [0.3, 0.4) is 0 Å². The molecule has 18 heavy (non-hydrogen) atoms. The summed E-state index contributed by atoms with van der Waals surface area (Å²) in [5.74, 6) is 2.69. The van der Waals surface area contributed by atoms with Gasteiger partial charge < -0.3 is 4.74 Å². The van der Waals surface area contributed by atoms with Crippen LogP contribution in [0.2, 0.25) is 0 Å². The number of carbonyl (C=O) groups excluding carboxylic acids is 1. The summed E-state index contributed by atoms with van der Waals surface area (Å²) in [6, 6.07) is 9.93. The highest BCUT2D eigenvalue weighted by atomic mass is 16.5. The van der Waals surface area contributed by atoms with Crippen LogP contribution >= 0.6 is 0 Å². The molecular weight excluding hydrogens is 224 g/mol. The number of rotatable bonds is 3. The van der Waals surface area contributed by atoms with Crippen molar-refractivity contribution in [1.82, 2.24) is 0 Å². The number of ketones is 1. The molecule has 1 aliphatic carbocycles. The van der Waals surface area contributed by atoms with Gasteiger partial charge >= 0.3 is 0 Å². The van der Waals surface area contributed by atoms with Crippen molar-refractivity contribution in [2.75, 3.05) is 0 Å². The number of allylic oxidation sites excluding steroid dienone is 1. The lowest BCUT2D eigenvalue weighted by Gasteiger charge is -2.23. The molecule has 0 unspecified atom stereocenters. The number of carbonyl (C=O) groups is 1. The second kappa shape index (κ2) is 5.66. The molecule has 1 aromatic rings. The molecule has 0 N–H and O–H groups in total. The van der Waals surface area contributed by atoms with Gasteiger partial charge in [-0.05, 0) is 12.5 Å². The van der Waals surface area contributed by atoms with Crippen LogP contribution in [-0.2, 0) is 16.1 Å². The van der Waals surface area contributed by atoms with Crippen molar-refractivity contribution in [2.45, 2.75) is 32.5 Å². The van der Waals surface area contributed by atoms with Crippen molar-refractivity contribution in [1.29, 1.82) is 0 Å². The van der Waals surface area contributed by atoms with Crippen LogP contribution in [0.15, 0.2) is 41.5 Å². The largest absolute Gasteiger partial charge is 0.373 e. The number of terminal acetylenes is 1. The highest BCUT2D eigenvalue weighted by molar-refractivity contribution is 5.97. The van der Waals surface area contributed by atoms with Crippen LogP contribution in [0.25, 0.3) is 0 Å². The maximum absolute atomic E-state index is 11.8. The average molecular weight is 240 g/mol. The third kappa shape index (κ3) is 2.88. The molecule has 0 saturated carbocycles. The van der Waals surface area contributed by atoms with Crippen LogP contribution in [0.5, 0.6) is 0 Å². The smallest absolute Gasteiger partial charge is 0.162 e. The zero-order chi connectivity index (χ0) is 13.0. The molecule has 0 aliphatic heterocycles. The predicted octanol–water partition coefficient (Wildman–Crippen LogP) is 2.88. The van der Waals surface area contributed by atoms with Crippen LogP contribution in [0.4, 0.5) is 0 Å². The normalized spacial score (nSPS) is 19.8. The lowest BCUT2D eigenvalue weighted by atomic mass is 9.90. The summed E-state index contributed by atoms with van der Waals surface area (Å²) in [4.78, 5) is 11.8. The van der Waals surface area contributed by atoms with Crippen molar-refractivity contribution in [3.05, 3.63) is 47.0 Å². The van der Waals surface area contributed by atoms with Gasteiger partial charge in [-0.1, -0.05) is 36.3 Å². The van der Waals surface area contributed by atoms with Gasteiger partial charge in [-0.2, -0.15) is 0 Å². The quantitative estimate of drug-likeness (QED) is 0.759. The summed E-state index contributed by atoms with van der Waals surface area (Å²) >= 11 is 0. The molecule has 0 fully saturated rings. The van der Waals surface area contributed by atoms with E-state index in [1.165, 1.54) is 0 Å². The topological polar surface area (TPSA) is 26.3 Å². The van der Waals surface area contributed by atoms with E-state index in [9.17, 15) is 4.79 Å². The number of hydrogen-bond acceptors (Lipinski definition) is 2. The van der Waals surface area contributed by atoms with Crippen molar-refractivity contribution >= 4 is 5.78 Å². The first-order chi connectivity index (χ1) is 8.70. The Balaban J connectivity index is 1.97. The van der Waals surface area contributed by atoms with Gasteiger partial charge in [-0.3, -0.25) is 4.79 Å². The summed E-state index contributed by atoms with van der Waals surface area (Å²) in [7, 11) is 0. The fraction of sp³-hybridized carbons (Fsp3) is 0.312. The molecule has 1 aliphatic rings. The van der Waals surface area contributed by atoms with Crippen molar-refractivity contribution in [3.8, 4) is 12.3 Å². The number of Topliss-reactive ketones (excluding diaryl/α,β-unsaturated/α-hetero) is 1. The minimum atomic E-state index is -0.0903. The van der Waals surface area contributed by atoms with E-state index < -0.39 is 0 Å². The first-order valence-corrected chi connectivity index (χ1v) is 6.06. The van der Waals surface area contributed by atoms with Crippen LogP contribution in [0.1, 0.15) is 25.3 Å². The van der Waals surface area contributed by atoms with Gasteiger partial charge in [-0.25, -0.2) is 0 Å². The van der Waals surface area contributed by atoms with E-state index in [2.05, 4.69) is 5.92 Å². The van der Waals surface area contributed by atoms with Gasteiger partial charge in [0.15, 0.2) is 5.78 Å². The third-order valence-corrected chi connectivity index (χ3v) is 3.22. The number of ether oxygens (including phenoxy) is 1. The van der Waals surface area contributed by atoms with E-state index in [0.717, 1.165) is 16.7 Å². The molecule has 0 aromatic heterocycles. The molecule has 0 radical (unpaired) electrons. The molecule has 2 rings (SSSR count). The van der Waals surface area contributed by atoms with E-state index in [1.807, 2.05) is 30.3 Å². The Morgan fingerprint density at radius 1 is 1.33 bits per heavy atom. The summed E-state index contributed by atoms with van der Waals surface area (Å²) < 4.78 is 5.77. The Hall–Kier alpha value is -1.85. The average Bonchev–Trinajstić information content (AvgIpc) is 2.41. The van der Waals surface area contributed by atoms with Crippen molar-refractivity contribution in [3.63, 3.8) is 0 Å². The van der Waals surface area contributed by atoms with Crippen LogP contribution < -0.4 is 0 Å². The fourth-order valence-corrected chi connectivity index (χ4v) is 2.05. The molecule has 0 saturated heterocycles. The minimum absolute atomic E-state index is 0.0903. The van der Waals surface area contributed by atoms with E-state index in [1.54, 1.807) is 6.92 Å². The lowest BCUT2D eigenvalue weighted by Crippen LogP contribution is -2.24. The molecule has 1 atom stereocenters. The Morgan fingerprint density at radius 2 is 2.06 bits per heavy atom. The number of hydrogen-bond donors (Lipinski definition) is 0. The highest BCUT2D eigenvalue weighted by Crippen LogP contribution is 2.24. The second-order valence-corrected chi connectivity index (χ2v) is 4.50. The lowest BCUT2D eigenvalue weighted by molar-refractivity contribution is -0.119. The maximum atomic E-state index is 11.8. The monoisotopic (exact) mass is 240 g/mol. The zero-order valence-corrected chi connectivity index (χ0v) is 10.5. The summed E-state index contributed by atoms with van der Waals surface area (Å²) in [6.07, 6.45) is 6.42. The predicted molar refractivity (Wildman–Crippen MR) is 70.8 cm³/mol. The molecule has 0 heterocycles. The SMILES string of the molecule is C#CC1=C(C)C(=O)C[C@H](OCc2ccccc2)C1. The molecule has 2 nitrogen and oxygen atoms in total. The van der Waals surface area contributed by atoms with Gasteiger partial charge in [0.2, 0.25) is 0 Å². The standard InChI is InChI=1S/C16H16O2/c1-3-14-9-15(10-16(17)12(14)2)18-11-13-7-5-4-6-8-13/h1,4-8,15H,9-11H2,2H3/t15-/m1/s1. The highest BCUT2D eigenvalue weighted by Gasteiger charge is 2.24. The molecule has 0 amide bonds. The van der Waals surface area contributed by atoms with E-state index in [4.69, 9.17) is 11.2 Å². The molecular formula is C16H16O2. The zero-order valence-electron chi connectivity index (χ0n) is 10.5. The third-order valence-electron chi connectivity index (χ3n) is 3.22. The van der Waals surface area contributed by atoms with Gasteiger partial charge in [0.05, 0.1) is 12.7 Å².